The molecular weight excluding hydrogens is 444 g/mol. The van der Waals surface area contributed by atoms with E-state index in [1.54, 1.807) is 7.05 Å². The zero-order valence-electron chi connectivity index (χ0n) is 20.7. The Labute approximate surface area is 206 Å². The van der Waals surface area contributed by atoms with Crippen LogP contribution >= 0.6 is 0 Å². The van der Waals surface area contributed by atoms with Gasteiger partial charge in [-0.2, -0.15) is 0 Å². The number of carbonyl (C=O) groups excluding carboxylic acids is 2. The summed E-state index contributed by atoms with van der Waals surface area (Å²) in [4.78, 5) is 39.5. The lowest BCUT2D eigenvalue weighted by atomic mass is 9.72. The van der Waals surface area contributed by atoms with E-state index in [2.05, 4.69) is 29.6 Å². The molecule has 4 rings (SSSR count). The molecule has 0 aliphatic heterocycles. The molecule has 2 aliphatic carbocycles. The highest BCUT2D eigenvalue weighted by Gasteiger charge is 2.53. The molecule has 0 aromatic heterocycles. The van der Waals surface area contributed by atoms with Crippen LogP contribution in [0.15, 0.2) is 48.5 Å². The second-order valence-corrected chi connectivity index (χ2v) is 9.72. The third kappa shape index (κ3) is 4.17. The number of fused-ring (bicyclic) bond motifs is 3. The first-order valence-electron chi connectivity index (χ1n) is 12.4. The van der Waals surface area contributed by atoms with Crippen LogP contribution in [-0.4, -0.2) is 53.7 Å². The molecule has 2 amide bonds. The van der Waals surface area contributed by atoms with E-state index < -0.39 is 23.0 Å². The maximum absolute atomic E-state index is 13.5. The van der Waals surface area contributed by atoms with Crippen LogP contribution in [0.25, 0.3) is 11.1 Å². The van der Waals surface area contributed by atoms with E-state index in [1.807, 2.05) is 38.1 Å². The van der Waals surface area contributed by atoms with Crippen LogP contribution in [0.1, 0.15) is 63.0 Å². The first-order chi connectivity index (χ1) is 16.8. The van der Waals surface area contributed by atoms with Crippen LogP contribution in [-0.2, 0) is 14.3 Å². The molecule has 2 aromatic rings. The van der Waals surface area contributed by atoms with E-state index in [-0.39, 0.29) is 25.0 Å². The zero-order valence-corrected chi connectivity index (χ0v) is 20.7. The number of aliphatic carboxylic acids is 1. The summed E-state index contributed by atoms with van der Waals surface area (Å²) in [7, 11) is 1.57. The van der Waals surface area contributed by atoms with Crippen LogP contribution in [0.5, 0.6) is 0 Å². The van der Waals surface area contributed by atoms with Crippen molar-refractivity contribution >= 4 is 18.0 Å². The molecule has 186 valence electrons. The highest BCUT2D eigenvalue weighted by atomic mass is 16.5. The van der Waals surface area contributed by atoms with Gasteiger partial charge in [-0.3, -0.25) is 4.79 Å². The van der Waals surface area contributed by atoms with Gasteiger partial charge < -0.3 is 20.1 Å². The second kappa shape index (κ2) is 9.72. The Hall–Kier alpha value is -3.35. The van der Waals surface area contributed by atoms with Crippen LogP contribution in [0.3, 0.4) is 0 Å². The minimum Gasteiger partial charge on any atom is -0.479 e. The average molecular weight is 479 g/mol. The average Bonchev–Trinajstić information content (AvgIpc) is 3.16. The van der Waals surface area contributed by atoms with Crippen molar-refractivity contribution in [1.29, 1.82) is 0 Å². The molecule has 0 heterocycles. The number of hydrogen-bond acceptors (Lipinski definition) is 4. The molecule has 7 nitrogen and oxygen atoms in total. The summed E-state index contributed by atoms with van der Waals surface area (Å²) >= 11 is 0. The largest absolute Gasteiger partial charge is 0.479 e. The predicted molar refractivity (Wildman–Crippen MR) is 133 cm³/mol. The van der Waals surface area contributed by atoms with E-state index in [0.717, 1.165) is 28.7 Å². The van der Waals surface area contributed by atoms with E-state index in [9.17, 15) is 19.5 Å². The SMILES string of the molecule is CCC(CC)(CNC(=O)OCC1c2ccccc2-c2ccccc21)C(=O)N(C)C1(C(=O)O)CCC1. The van der Waals surface area contributed by atoms with Gasteiger partial charge in [-0.15, -0.1) is 0 Å². The van der Waals surface area contributed by atoms with Crippen LogP contribution in [0.4, 0.5) is 4.79 Å². The maximum Gasteiger partial charge on any atom is 0.407 e. The Bertz CT molecular complexity index is 1070. The standard InChI is InChI=1S/C28H34N2O5/c1-4-27(5-2,24(31)30(3)28(25(32)33)15-10-16-28)18-29-26(34)35-17-23-21-13-8-6-11-19(21)20-12-7-9-14-22(20)23/h6-9,11-14,23H,4-5,10,15-18H2,1-3H3,(H,29,34)(H,32,33). The van der Waals surface area contributed by atoms with Gasteiger partial charge in [-0.25, -0.2) is 9.59 Å². The number of carboxylic acids is 1. The summed E-state index contributed by atoms with van der Waals surface area (Å²) in [5, 5.41) is 12.6. The van der Waals surface area contributed by atoms with Crippen molar-refractivity contribution in [2.24, 2.45) is 5.41 Å². The lowest BCUT2D eigenvalue weighted by Gasteiger charge is -2.48. The lowest BCUT2D eigenvalue weighted by molar-refractivity contribution is -0.169. The first-order valence-corrected chi connectivity index (χ1v) is 12.4. The van der Waals surface area contributed by atoms with E-state index in [1.165, 1.54) is 4.90 Å². The Balaban J connectivity index is 1.42. The topological polar surface area (TPSA) is 95.9 Å². The zero-order chi connectivity index (χ0) is 25.2. The molecule has 1 fully saturated rings. The van der Waals surface area contributed by atoms with Crippen molar-refractivity contribution in [1.82, 2.24) is 10.2 Å². The Morgan fingerprint density at radius 2 is 1.57 bits per heavy atom. The predicted octanol–water partition coefficient (Wildman–Crippen LogP) is 4.80. The molecule has 0 unspecified atom stereocenters. The van der Waals surface area contributed by atoms with Gasteiger partial charge >= 0.3 is 12.1 Å². The molecule has 0 bridgehead atoms. The summed E-state index contributed by atoms with van der Waals surface area (Å²) < 4.78 is 5.63. The van der Waals surface area contributed by atoms with Gasteiger partial charge in [0.2, 0.25) is 5.91 Å². The molecule has 1 saturated carbocycles. The third-order valence-corrected chi connectivity index (χ3v) is 8.25. The van der Waals surface area contributed by atoms with Crippen molar-refractivity contribution in [2.75, 3.05) is 20.2 Å². The Kier molecular flexibility index (Phi) is 6.88. The lowest BCUT2D eigenvalue weighted by Crippen LogP contribution is -2.63. The first kappa shape index (κ1) is 24.8. The van der Waals surface area contributed by atoms with E-state index in [0.29, 0.717) is 25.7 Å². The number of ether oxygens (including phenoxy) is 1. The fourth-order valence-corrected chi connectivity index (χ4v) is 5.52. The number of amides is 2. The molecule has 2 N–H and O–H groups in total. The molecule has 2 aliphatic rings. The molecule has 0 radical (unpaired) electrons. The Morgan fingerprint density at radius 1 is 1.03 bits per heavy atom. The maximum atomic E-state index is 13.5. The molecule has 35 heavy (non-hydrogen) atoms. The summed E-state index contributed by atoms with van der Waals surface area (Å²) in [6.07, 6.45) is 2.07. The molecule has 0 spiro atoms. The number of likely N-dealkylation sites (N-methyl/N-ethyl adjacent to an activating group) is 1. The number of carbonyl (C=O) groups is 3. The van der Waals surface area contributed by atoms with Crippen molar-refractivity contribution < 1.29 is 24.2 Å². The summed E-state index contributed by atoms with van der Waals surface area (Å²) in [6, 6.07) is 16.3. The number of alkyl carbamates (subject to hydrolysis) is 1. The van der Waals surface area contributed by atoms with Gasteiger partial charge in [-0.05, 0) is 54.4 Å². The fraction of sp³-hybridized carbons (Fsp3) is 0.464. The summed E-state index contributed by atoms with van der Waals surface area (Å²) in [5.41, 5.74) is 2.55. The second-order valence-electron chi connectivity index (χ2n) is 9.72. The summed E-state index contributed by atoms with van der Waals surface area (Å²) in [6.45, 7) is 4.07. The number of nitrogens with one attached hydrogen (secondary N) is 1. The van der Waals surface area contributed by atoms with Crippen LogP contribution < -0.4 is 5.32 Å². The Morgan fingerprint density at radius 3 is 2.03 bits per heavy atom. The molecular formula is C28H34N2O5. The van der Waals surface area contributed by atoms with Crippen LogP contribution in [0, 0.1) is 5.41 Å². The highest BCUT2D eigenvalue weighted by Crippen LogP contribution is 2.44. The van der Waals surface area contributed by atoms with Gasteiger partial charge in [0.25, 0.3) is 0 Å². The van der Waals surface area contributed by atoms with Gasteiger partial charge in [0.15, 0.2) is 0 Å². The van der Waals surface area contributed by atoms with Crippen molar-refractivity contribution in [3.05, 3.63) is 59.7 Å². The van der Waals surface area contributed by atoms with Crippen molar-refractivity contribution in [3.63, 3.8) is 0 Å². The number of nitrogens with zero attached hydrogens (tertiary/aromatic N) is 1. The molecule has 7 heteroatoms. The number of carboxylic acid groups (broad SMARTS) is 1. The molecule has 0 atom stereocenters. The minimum atomic E-state index is -1.14. The molecule has 2 aromatic carbocycles. The van der Waals surface area contributed by atoms with Gasteiger partial charge in [0, 0.05) is 19.5 Å². The van der Waals surface area contributed by atoms with Gasteiger partial charge in [0.1, 0.15) is 12.1 Å². The smallest absolute Gasteiger partial charge is 0.407 e. The monoisotopic (exact) mass is 478 g/mol. The normalized spacial score (nSPS) is 16.0. The van der Waals surface area contributed by atoms with Gasteiger partial charge in [-0.1, -0.05) is 62.4 Å². The number of rotatable bonds is 9. The van der Waals surface area contributed by atoms with Crippen molar-refractivity contribution in [3.8, 4) is 11.1 Å². The van der Waals surface area contributed by atoms with E-state index in [4.69, 9.17) is 4.74 Å². The number of hydrogen-bond donors (Lipinski definition) is 2. The summed E-state index contributed by atoms with van der Waals surface area (Å²) in [5.74, 6) is -1.26. The van der Waals surface area contributed by atoms with Crippen molar-refractivity contribution in [2.45, 2.75) is 57.4 Å². The number of benzene rings is 2. The fourth-order valence-electron chi connectivity index (χ4n) is 5.52. The van der Waals surface area contributed by atoms with Gasteiger partial charge in [0.05, 0.1) is 5.41 Å². The highest BCUT2D eigenvalue weighted by molar-refractivity contribution is 5.91. The minimum absolute atomic E-state index is 0.0444. The van der Waals surface area contributed by atoms with Crippen LogP contribution in [0.2, 0.25) is 0 Å². The third-order valence-electron chi connectivity index (χ3n) is 8.25. The quantitative estimate of drug-likeness (QED) is 0.540. The molecule has 0 saturated heterocycles. The van der Waals surface area contributed by atoms with E-state index >= 15 is 0 Å².